The van der Waals surface area contributed by atoms with E-state index in [-0.39, 0.29) is 24.8 Å². The molecule has 1 fully saturated rings. The van der Waals surface area contributed by atoms with E-state index in [2.05, 4.69) is 10.3 Å². The molecule has 1 aromatic rings. The SMILES string of the molecule is CNC(=O)[C@]1(C)CN(C(=O)Cc2cccnc2)CCO1. The van der Waals surface area contributed by atoms with Gasteiger partial charge in [-0.3, -0.25) is 14.6 Å². The number of nitrogens with zero attached hydrogens (tertiary/aromatic N) is 2. The molecule has 2 amide bonds. The van der Waals surface area contributed by atoms with Crippen LogP contribution < -0.4 is 5.32 Å². The topological polar surface area (TPSA) is 71.5 Å². The minimum atomic E-state index is -0.975. The normalized spacial score (nSPS) is 22.4. The highest BCUT2D eigenvalue weighted by Gasteiger charge is 2.40. The van der Waals surface area contributed by atoms with Gasteiger partial charge in [0.1, 0.15) is 0 Å². The Bertz CT molecular complexity index is 492. The quantitative estimate of drug-likeness (QED) is 0.843. The summed E-state index contributed by atoms with van der Waals surface area (Å²) in [6.07, 6.45) is 3.64. The summed E-state index contributed by atoms with van der Waals surface area (Å²) in [7, 11) is 1.56. The van der Waals surface area contributed by atoms with Crippen molar-refractivity contribution < 1.29 is 14.3 Å². The number of amides is 2. The zero-order valence-corrected chi connectivity index (χ0v) is 11.8. The van der Waals surface area contributed by atoms with Gasteiger partial charge in [-0.2, -0.15) is 0 Å². The third kappa shape index (κ3) is 3.14. The van der Waals surface area contributed by atoms with E-state index < -0.39 is 5.60 Å². The monoisotopic (exact) mass is 277 g/mol. The van der Waals surface area contributed by atoms with Crippen molar-refractivity contribution in [2.45, 2.75) is 18.9 Å². The predicted molar refractivity (Wildman–Crippen MR) is 72.9 cm³/mol. The first-order valence-electron chi connectivity index (χ1n) is 6.58. The summed E-state index contributed by atoms with van der Waals surface area (Å²) in [5, 5.41) is 2.57. The van der Waals surface area contributed by atoms with E-state index in [1.54, 1.807) is 37.3 Å². The Balaban J connectivity index is 2.02. The van der Waals surface area contributed by atoms with Crippen LogP contribution in [0.25, 0.3) is 0 Å². The molecule has 6 heteroatoms. The van der Waals surface area contributed by atoms with Gasteiger partial charge in [-0.25, -0.2) is 0 Å². The van der Waals surface area contributed by atoms with Crippen molar-refractivity contribution in [3.05, 3.63) is 30.1 Å². The molecule has 1 aliphatic rings. The van der Waals surface area contributed by atoms with Gasteiger partial charge in [0.15, 0.2) is 5.60 Å². The number of pyridine rings is 1. The Kier molecular flexibility index (Phi) is 4.34. The molecule has 0 spiro atoms. The van der Waals surface area contributed by atoms with E-state index in [0.717, 1.165) is 5.56 Å². The van der Waals surface area contributed by atoms with Gasteiger partial charge in [-0.05, 0) is 18.6 Å². The lowest BCUT2D eigenvalue weighted by atomic mass is 10.0. The second kappa shape index (κ2) is 6.00. The summed E-state index contributed by atoms with van der Waals surface area (Å²) < 4.78 is 5.53. The van der Waals surface area contributed by atoms with Crippen LogP contribution in [0.4, 0.5) is 0 Å². The molecule has 1 aromatic heterocycles. The third-order valence-corrected chi connectivity index (χ3v) is 3.41. The molecule has 20 heavy (non-hydrogen) atoms. The molecule has 2 heterocycles. The fraction of sp³-hybridized carbons (Fsp3) is 0.500. The molecule has 0 aromatic carbocycles. The number of carbonyl (C=O) groups excluding carboxylic acids is 2. The van der Waals surface area contributed by atoms with Crippen molar-refractivity contribution in [2.24, 2.45) is 0 Å². The maximum Gasteiger partial charge on any atom is 0.253 e. The zero-order chi connectivity index (χ0) is 14.6. The van der Waals surface area contributed by atoms with E-state index in [1.165, 1.54) is 0 Å². The zero-order valence-electron chi connectivity index (χ0n) is 11.8. The van der Waals surface area contributed by atoms with E-state index in [1.807, 2.05) is 6.07 Å². The van der Waals surface area contributed by atoms with E-state index >= 15 is 0 Å². The van der Waals surface area contributed by atoms with Crippen LogP contribution in [-0.4, -0.2) is 54.0 Å². The highest BCUT2D eigenvalue weighted by atomic mass is 16.5. The van der Waals surface area contributed by atoms with Gasteiger partial charge in [-0.15, -0.1) is 0 Å². The Hall–Kier alpha value is -1.95. The number of hydrogen-bond acceptors (Lipinski definition) is 4. The maximum atomic E-state index is 12.3. The van der Waals surface area contributed by atoms with Crippen LogP contribution in [0.1, 0.15) is 12.5 Å². The first-order chi connectivity index (χ1) is 9.55. The van der Waals surface area contributed by atoms with Gasteiger partial charge in [0.25, 0.3) is 5.91 Å². The summed E-state index contributed by atoms with van der Waals surface area (Å²) in [6, 6.07) is 3.67. The molecule has 1 saturated heterocycles. The Morgan fingerprint density at radius 2 is 2.35 bits per heavy atom. The molecule has 0 saturated carbocycles. The summed E-state index contributed by atoms with van der Waals surface area (Å²) in [6.45, 7) is 2.84. The Morgan fingerprint density at radius 1 is 1.55 bits per heavy atom. The number of likely N-dealkylation sites (N-methyl/N-ethyl adjacent to an activating group) is 1. The number of hydrogen-bond donors (Lipinski definition) is 1. The maximum absolute atomic E-state index is 12.3. The molecule has 108 valence electrons. The van der Waals surface area contributed by atoms with E-state index in [4.69, 9.17) is 4.74 Å². The van der Waals surface area contributed by atoms with Gasteiger partial charge >= 0.3 is 0 Å². The minimum Gasteiger partial charge on any atom is -0.362 e. The van der Waals surface area contributed by atoms with Crippen molar-refractivity contribution in [3.8, 4) is 0 Å². The minimum absolute atomic E-state index is 0.0172. The van der Waals surface area contributed by atoms with Crippen LogP contribution in [0.2, 0.25) is 0 Å². The van der Waals surface area contributed by atoms with Gasteiger partial charge in [-0.1, -0.05) is 6.07 Å². The molecule has 2 rings (SSSR count). The van der Waals surface area contributed by atoms with Gasteiger partial charge in [0.05, 0.1) is 19.6 Å². The van der Waals surface area contributed by atoms with Crippen molar-refractivity contribution in [2.75, 3.05) is 26.7 Å². The van der Waals surface area contributed by atoms with Crippen molar-refractivity contribution in [1.82, 2.24) is 15.2 Å². The van der Waals surface area contributed by atoms with E-state index in [0.29, 0.717) is 13.2 Å². The summed E-state index contributed by atoms with van der Waals surface area (Å²) in [5.41, 5.74) is -0.108. The number of carbonyl (C=O) groups is 2. The fourth-order valence-electron chi connectivity index (χ4n) is 2.27. The molecule has 0 bridgehead atoms. The van der Waals surface area contributed by atoms with E-state index in [9.17, 15) is 9.59 Å². The third-order valence-electron chi connectivity index (χ3n) is 3.41. The largest absolute Gasteiger partial charge is 0.362 e. The van der Waals surface area contributed by atoms with Gasteiger partial charge in [0.2, 0.25) is 5.91 Å². The summed E-state index contributed by atoms with van der Waals surface area (Å²) in [4.78, 5) is 29.8. The number of ether oxygens (including phenoxy) is 1. The Morgan fingerprint density at radius 3 is 3.00 bits per heavy atom. The first kappa shape index (κ1) is 14.5. The van der Waals surface area contributed by atoms with Crippen LogP contribution in [0.5, 0.6) is 0 Å². The number of nitrogens with one attached hydrogen (secondary N) is 1. The van der Waals surface area contributed by atoms with Crippen LogP contribution in [0.15, 0.2) is 24.5 Å². The fourth-order valence-corrected chi connectivity index (χ4v) is 2.27. The average molecular weight is 277 g/mol. The number of morpholine rings is 1. The lowest BCUT2D eigenvalue weighted by Gasteiger charge is -2.39. The highest BCUT2D eigenvalue weighted by Crippen LogP contribution is 2.18. The molecule has 0 radical (unpaired) electrons. The highest BCUT2D eigenvalue weighted by molar-refractivity contribution is 5.86. The van der Waals surface area contributed by atoms with Crippen LogP contribution in [-0.2, 0) is 20.7 Å². The van der Waals surface area contributed by atoms with Crippen molar-refractivity contribution in [3.63, 3.8) is 0 Å². The first-order valence-corrected chi connectivity index (χ1v) is 6.58. The summed E-state index contributed by atoms with van der Waals surface area (Å²) in [5.74, 6) is -0.229. The lowest BCUT2D eigenvalue weighted by molar-refractivity contribution is -0.162. The molecule has 1 N–H and O–H groups in total. The Labute approximate surface area is 118 Å². The van der Waals surface area contributed by atoms with Gasteiger partial charge in [0, 0.05) is 26.0 Å². The number of rotatable bonds is 3. The standard InChI is InChI=1S/C14H19N3O3/c1-14(13(19)15-2)10-17(6-7-20-14)12(18)8-11-4-3-5-16-9-11/h3-5,9H,6-8,10H2,1-2H3,(H,15,19)/t14-/m0/s1. The predicted octanol–water partition coefficient (Wildman–Crippen LogP) is -0.0124. The molecule has 1 atom stereocenters. The smallest absolute Gasteiger partial charge is 0.253 e. The summed E-state index contributed by atoms with van der Waals surface area (Å²) >= 11 is 0. The second-order valence-electron chi connectivity index (χ2n) is 5.01. The average Bonchev–Trinajstić information content (AvgIpc) is 2.47. The molecule has 0 unspecified atom stereocenters. The number of aromatic nitrogens is 1. The van der Waals surface area contributed by atoms with Crippen molar-refractivity contribution >= 4 is 11.8 Å². The lowest BCUT2D eigenvalue weighted by Crippen LogP contribution is -2.59. The molecule has 1 aliphatic heterocycles. The molecular formula is C14H19N3O3. The van der Waals surface area contributed by atoms with Crippen LogP contribution in [0.3, 0.4) is 0 Å². The molecule has 6 nitrogen and oxygen atoms in total. The van der Waals surface area contributed by atoms with Crippen LogP contribution in [0, 0.1) is 0 Å². The molecule has 0 aliphatic carbocycles. The van der Waals surface area contributed by atoms with Gasteiger partial charge < -0.3 is 15.0 Å². The molecular weight excluding hydrogens is 258 g/mol. The van der Waals surface area contributed by atoms with Crippen LogP contribution >= 0.6 is 0 Å². The van der Waals surface area contributed by atoms with Crippen molar-refractivity contribution in [1.29, 1.82) is 0 Å². The second-order valence-corrected chi connectivity index (χ2v) is 5.01.